The third-order valence-electron chi connectivity index (χ3n) is 3.89. The first-order valence-corrected chi connectivity index (χ1v) is 8.04. The molecule has 0 aliphatic carbocycles. The molecule has 1 heterocycles. The van der Waals surface area contributed by atoms with Crippen LogP contribution in [0.15, 0.2) is 36.5 Å². The third-order valence-corrected chi connectivity index (χ3v) is 4.26. The Kier molecular flexibility index (Phi) is 5.83. The predicted octanol–water partition coefficient (Wildman–Crippen LogP) is 4.01. The second-order valence-corrected chi connectivity index (χ2v) is 5.92. The summed E-state index contributed by atoms with van der Waals surface area (Å²) in [6.45, 7) is 4.39. The van der Waals surface area contributed by atoms with Crippen LogP contribution in [0.3, 0.4) is 0 Å². The van der Waals surface area contributed by atoms with Crippen molar-refractivity contribution in [1.29, 1.82) is 0 Å². The molecule has 0 saturated heterocycles. The van der Waals surface area contributed by atoms with E-state index < -0.39 is 0 Å². The molecule has 4 heteroatoms. The molecule has 21 heavy (non-hydrogen) atoms. The SMILES string of the molecule is CCC(CC)n1ccc(CC(N)Cc2ccccc2Cl)n1. The molecule has 0 bridgehead atoms. The van der Waals surface area contributed by atoms with E-state index in [1.807, 2.05) is 24.3 Å². The number of hydrogen-bond acceptors (Lipinski definition) is 2. The summed E-state index contributed by atoms with van der Waals surface area (Å²) in [4.78, 5) is 0. The van der Waals surface area contributed by atoms with Gasteiger partial charge in [-0.3, -0.25) is 4.68 Å². The highest BCUT2D eigenvalue weighted by atomic mass is 35.5. The van der Waals surface area contributed by atoms with Gasteiger partial charge in [-0.25, -0.2) is 0 Å². The molecule has 1 aromatic heterocycles. The van der Waals surface area contributed by atoms with E-state index in [9.17, 15) is 0 Å². The molecule has 1 aromatic carbocycles. The average molecular weight is 306 g/mol. The van der Waals surface area contributed by atoms with Gasteiger partial charge in [0.15, 0.2) is 0 Å². The smallest absolute Gasteiger partial charge is 0.0640 e. The van der Waals surface area contributed by atoms with Gasteiger partial charge in [0, 0.05) is 23.7 Å². The van der Waals surface area contributed by atoms with Crippen LogP contribution in [-0.4, -0.2) is 15.8 Å². The molecule has 2 N–H and O–H groups in total. The quantitative estimate of drug-likeness (QED) is 0.840. The second kappa shape index (κ2) is 7.62. The first-order valence-electron chi connectivity index (χ1n) is 7.67. The summed E-state index contributed by atoms with van der Waals surface area (Å²) in [6.07, 6.45) is 5.82. The molecule has 0 radical (unpaired) electrons. The van der Waals surface area contributed by atoms with Gasteiger partial charge in [-0.1, -0.05) is 43.6 Å². The van der Waals surface area contributed by atoms with Crippen LogP contribution in [0.2, 0.25) is 5.02 Å². The Hall–Kier alpha value is -1.32. The standard InChI is InChI=1S/C17H24ClN3/c1-3-16(4-2)21-10-9-15(20-21)12-14(19)11-13-7-5-6-8-17(13)18/h5-10,14,16H,3-4,11-12,19H2,1-2H3. The van der Waals surface area contributed by atoms with Gasteiger partial charge in [-0.05, 0) is 37.0 Å². The lowest BCUT2D eigenvalue weighted by atomic mass is 10.0. The second-order valence-electron chi connectivity index (χ2n) is 5.52. The van der Waals surface area contributed by atoms with Crippen molar-refractivity contribution >= 4 is 11.6 Å². The third kappa shape index (κ3) is 4.32. The molecule has 2 aromatic rings. The number of nitrogens with two attached hydrogens (primary N) is 1. The first kappa shape index (κ1) is 16.1. The average Bonchev–Trinajstić information content (AvgIpc) is 2.91. The van der Waals surface area contributed by atoms with Crippen molar-refractivity contribution in [2.45, 2.75) is 51.6 Å². The number of benzene rings is 1. The van der Waals surface area contributed by atoms with Crippen LogP contribution >= 0.6 is 11.6 Å². The van der Waals surface area contributed by atoms with E-state index in [-0.39, 0.29) is 6.04 Å². The maximum Gasteiger partial charge on any atom is 0.0640 e. The van der Waals surface area contributed by atoms with Crippen molar-refractivity contribution in [2.24, 2.45) is 5.73 Å². The van der Waals surface area contributed by atoms with Crippen LogP contribution in [0, 0.1) is 0 Å². The molecule has 1 atom stereocenters. The van der Waals surface area contributed by atoms with E-state index in [0.717, 1.165) is 42.0 Å². The van der Waals surface area contributed by atoms with Gasteiger partial charge in [-0.2, -0.15) is 5.10 Å². The van der Waals surface area contributed by atoms with Crippen molar-refractivity contribution in [3.8, 4) is 0 Å². The Morgan fingerprint density at radius 1 is 1.14 bits per heavy atom. The van der Waals surface area contributed by atoms with E-state index in [1.165, 1.54) is 0 Å². The first-order chi connectivity index (χ1) is 10.1. The van der Waals surface area contributed by atoms with Crippen LogP contribution in [0.5, 0.6) is 0 Å². The van der Waals surface area contributed by atoms with Gasteiger partial charge < -0.3 is 5.73 Å². The van der Waals surface area contributed by atoms with E-state index in [4.69, 9.17) is 17.3 Å². The van der Waals surface area contributed by atoms with E-state index in [1.54, 1.807) is 0 Å². The van der Waals surface area contributed by atoms with Crippen molar-refractivity contribution in [2.75, 3.05) is 0 Å². The number of aromatic nitrogens is 2. The molecular weight excluding hydrogens is 282 g/mol. The van der Waals surface area contributed by atoms with Crippen LogP contribution < -0.4 is 5.73 Å². The zero-order valence-corrected chi connectivity index (χ0v) is 13.6. The number of halogens is 1. The van der Waals surface area contributed by atoms with Crippen LogP contribution in [-0.2, 0) is 12.8 Å². The Balaban J connectivity index is 1.97. The molecule has 1 unspecified atom stereocenters. The Labute approximate surface area is 132 Å². The van der Waals surface area contributed by atoms with Crippen molar-refractivity contribution in [3.63, 3.8) is 0 Å². The highest BCUT2D eigenvalue weighted by molar-refractivity contribution is 6.31. The fraction of sp³-hybridized carbons (Fsp3) is 0.471. The molecule has 0 aliphatic heterocycles. The molecular formula is C17H24ClN3. The van der Waals surface area contributed by atoms with Crippen LogP contribution in [0.1, 0.15) is 44.0 Å². The summed E-state index contributed by atoms with van der Waals surface area (Å²) in [5, 5.41) is 5.45. The topological polar surface area (TPSA) is 43.8 Å². The van der Waals surface area contributed by atoms with Gasteiger partial charge in [0.05, 0.1) is 11.7 Å². The maximum absolute atomic E-state index is 6.25. The minimum absolute atomic E-state index is 0.0370. The van der Waals surface area contributed by atoms with Crippen LogP contribution in [0.25, 0.3) is 0 Å². The number of nitrogens with zero attached hydrogens (tertiary/aromatic N) is 2. The summed E-state index contributed by atoms with van der Waals surface area (Å²) >= 11 is 6.18. The van der Waals surface area contributed by atoms with Crippen molar-refractivity contribution in [3.05, 3.63) is 52.8 Å². The lowest BCUT2D eigenvalue weighted by Gasteiger charge is -2.13. The molecule has 0 spiro atoms. The van der Waals surface area contributed by atoms with E-state index in [2.05, 4.69) is 35.9 Å². The molecule has 3 nitrogen and oxygen atoms in total. The van der Waals surface area contributed by atoms with Crippen LogP contribution in [0.4, 0.5) is 0 Å². The molecule has 0 aliphatic rings. The minimum Gasteiger partial charge on any atom is -0.327 e. The summed E-state index contributed by atoms with van der Waals surface area (Å²) in [5.41, 5.74) is 8.41. The fourth-order valence-corrected chi connectivity index (χ4v) is 2.85. The Bertz CT molecular complexity index is 561. The van der Waals surface area contributed by atoms with Gasteiger partial charge in [0.25, 0.3) is 0 Å². The Morgan fingerprint density at radius 3 is 2.52 bits per heavy atom. The highest BCUT2D eigenvalue weighted by Gasteiger charge is 2.12. The Morgan fingerprint density at radius 2 is 1.86 bits per heavy atom. The summed E-state index contributed by atoms with van der Waals surface area (Å²) in [7, 11) is 0. The van der Waals surface area contributed by atoms with E-state index in [0.29, 0.717) is 6.04 Å². The minimum atomic E-state index is 0.0370. The zero-order valence-electron chi connectivity index (χ0n) is 12.8. The molecule has 2 rings (SSSR count). The molecule has 0 amide bonds. The van der Waals surface area contributed by atoms with Gasteiger partial charge in [0.2, 0.25) is 0 Å². The van der Waals surface area contributed by atoms with Gasteiger partial charge >= 0.3 is 0 Å². The normalized spacial score (nSPS) is 12.8. The maximum atomic E-state index is 6.25. The van der Waals surface area contributed by atoms with Crippen molar-refractivity contribution in [1.82, 2.24) is 9.78 Å². The summed E-state index contributed by atoms with van der Waals surface area (Å²) in [6, 6.07) is 10.5. The number of rotatable bonds is 7. The van der Waals surface area contributed by atoms with E-state index >= 15 is 0 Å². The lowest BCUT2D eigenvalue weighted by Crippen LogP contribution is -2.26. The molecule has 0 fully saturated rings. The fourth-order valence-electron chi connectivity index (χ4n) is 2.64. The summed E-state index contributed by atoms with van der Waals surface area (Å²) in [5.74, 6) is 0. The molecule has 114 valence electrons. The zero-order chi connectivity index (χ0) is 15.2. The van der Waals surface area contributed by atoms with Gasteiger partial charge in [0.1, 0.15) is 0 Å². The highest BCUT2D eigenvalue weighted by Crippen LogP contribution is 2.18. The predicted molar refractivity (Wildman–Crippen MR) is 88.7 cm³/mol. The lowest BCUT2D eigenvalue weighted by molar-refractivity contribution is 0.424. The largest absolute Gasteiger partial charge is 0.327 e. The number of hydrogen-bond donors (Lipinski definition) is 1. The summed E-state index contributed by atoms with van der Waals surface area (Å²) < 4.78 is 2.07. The van der Waals surface area contributed by atoms with Crippen molar-refractivity contribution < 1.29 is 0 Å². The monoisotopic (exact) mass is 305 g/mol. The molecule has 0 saturated carbocycles. The van der Waals surface area contributed by atoms with Gasteiger partial charge in [-0.15, -0.1) is 0 Å².